The summed E-state index contributed by atoms with van der Waals surface area (Å²) >= 11 is 0. The zero-order chi connectivity index (χ0) is 90.2. The molecule has 7 heterocycles. The van der Waals surface area contributed by atoms with Crippen LogP contribution in [-0.4, -0.2) is 22.6 Å². The number of hydrogen-bond acceptors (Lipinski definition) is 4. The van der Waals surface area contributed by atoms with Crippen molar-refractivity contribution in [2.24, 2.45) is 0 Å². The Morgan fingerprint density at radius 1 is 0.339 bits per heavy atom. The van der Waals surface area contributed by atoms with Crippen molar-refractivity contribution in [3.8, 4) is 78.5 Å². The topological polar surface area (TPSA) is 38.7 Å². The van der Waals surface area contributed by atoms with E-state index in [-0.39, 0.29) is 77.7 Å². The fourth-order valence-corrected chi connectivity index (χ4v) is 18.1. The molecule has 112 heavy (non-hydrogen) atoms. The summed E-state index contributed by atoms with van der Waals surface area (Å²) in [6.45, 7) is 10.3. The molecule has 0 amide bonds. The van der Waals surface area contributed by atoms with Gasteiger partial charge >= 0.3 is 0 Å². The van der Waals surface area contributed by atoms with E-state index in [0.717, 1.165) is 61.0 Å². The molecule has 0 fully saturated rings. The fourth-order valence-electron chi connectivity index (χ4n) is 18.1. The molecule has 16 aromatic carbocycles. The Morgan fingerprint density at radius 3 is 1.52 bits per heavy atom. The number of para-hydroxylation sites is 5. The Bertz CT molecular complexity index is 8220. The van der Waals surface area contributed by atoms with Crippen LogP contribution < -0.4 is 47.3 Å². The van der Waals surface area contributed by atoms with E-state index in [2.05, 4.69) is 113 Å². The van der Waals surface area contributed by atoms with Crippen LogP contribution in [0.3, 0.4) is 0 Å². The monoisotopic (exact) mass is 1450 g/mol. The molecule has 8 heteroatoms. The van der Waals surface area contributed by atoms with Gasteiger partial charge in [-0.05, 0) is 185 Å². The smallest absolute Gasteiger partial charge is 0.256 e. The van der Waals surface area contributed by atoms with Crippen molar-refractivity contribution in [3.63, 3.8) is 0 Å². The lowest BCUT2D eigenvalue weighted by Gasteiger charge is -2.47. The van der Waals surface area contributed by atoms with Gasteiger partial charge in [0.05, 0.1) is 63.7 Å². The minimum absolute atomic E-state index is 0.0123. The summed E-state index contributed by atoms with van der Waals surface area (Å²) in [6, 6.07) is 65.9. The number of rotatable bonds is 8. The molecule has 4 aliphatic rings. The van der Waals surface area contributed by atoms with Gasteiger partial charge < -0.3 is 28.1 Å². The summed E-state index contributed by atoms with van der Waals surface area (Å²) in [7, 11) is 0. The number of aromatic nitrogens is 2. The van der Waals surface area contributed by atoms with Crippen LogP contribution in [-0.2, 0) is 10.8 Å². The average molecular weight is 1450 g/mol. The number of fused-ring (bicyclic) bond motifs is 18. The molecule has 3 aromatic heterocycles. The molecular weight excluding hydrogens is 1360 g/mol. The van der Waals surface area contributed by atoms with Crippen LogP contribution in [0.2, 0.25) is 0 Å². The van der Waals surface area contributed by atoms with Crippen LogP contribution in [0.4, 0.5) is 34.1 Å². The molecule has 4 aliphatic heterocycles. The summed E-state index contributed by atoms with van der Waals surface area (Å²) in [5.74, 6) is 0.508. The Balaban J connectivity index is 0.967. The molecule has 0 radical (unpaired) electrons. The highest BCUT2D eigenvalue weighted by molar-refractivity contribution is 7.02. The first-order valence-electron chi connectivity index (χ1n) is 46.8. The van der Waals surface area contributed by atoms with E-state index in [9.17, 15) is 24.7 Å². The Hall–Kier alpha value is -13.6. The summed E-state index contributed by atoms with van der Waals surface area (Å²) in [6.07, 6.45) is 0. The molecule has 528 valence electrons. The highest BCUT2D eigenvalue weighted by atomic mass is 16.5. The molecule has 0 unspecified atom stereocenters. The van der Waals surface area contributed by atoms with Gasteiger partial charge in [0.15, 0.2) is 0 Å². The van der Waals surface area contributed by atoms with Crippen LogP contribution >= 0.6 is 0 Å². The number of benzene rings is 16. The SMILES string of the molecule is [2H]c1c([2H])c(-n2c3c([2H])c([2H])c([2H])c([2H])c3c3c([2H])c([2H])c([2H])c([2H])c32)c([2H])c2c1B1c3cc4c5c(c3N(c3ccc(-c6cccc(-c7ccccc7)c6)c6oc7ccccc7c36)c3cc(C(C)(C)C)cc(c31)N2c1c(-c2ccccc2)cc(C(C)(C)C)cc1-c1ccccc1)Oc1cc(-c2ccccc2)ccc1B5c1c([2H])c([2H])c([2H])c2c3c([2H])c([2H])c([2H])c([2H])c3n-4c12. The van der Waals surface area contributed by atoms with Crippen molar-refractivity contribution in [1.29, 1.82) is 0 Å². The van der Waals surface area contributed by atoms with E-state index < -0.39 is 133 Å². The third-order valence-electron chi connectivity index (χ3n) is 23.3. The molecule has 0 spiro atoms. The molecule has 6 nitrogen and oxygen atoms in total. The first kappa shape index (κ1) is 48.8. The van der Waals surface area contributed by atoms with E-state index >= 15 is 0 Å². The zero-order valence-corrected chi connectivity index (χ0v) is 61.7. The first-order chi connectivity index (χ1) is 62.4. The van der Waals surface area contributed by atoms with Crippen molar-refractivity contribution in [3.05, 3.63) is 350 Å². The maximum absolute atomic E-state index is 12.0. The lowest BCUT2D eigenvalue weighted by atomic mass is 9.31. The average Bonchev–Trinajstić information content (AvgIpc) is 1.32. The Labute approximate surface area is 676 Å². The number of anilines is 6. The van der Waals surface area contributed by atoms with Crippen LogP contribution in [0.15, 0.2) is 344 Å². The van der Waals surface area contributed by atoms with E-state index in [1.54, 1.807) is 4.57 Å². The minimum Gasteiger partial charge on any atom is -0.456 e. The van der Waals surface area contributed by atoms with E-state index in [1.165, 1.54) is 4.57 Å². The second-order valence-corrected chi connectivity index (χ2v) is 31.6. The molecular formula is C104H74B2N4O2. The number of furan rings is 1. The molecule has 19 aromatic rings. The molecule has 0 saturated heterocycles. The third kappa shape index (κ3) is 9.42. The molecule has 0 bridgehead atoms. The quantitative estimate of drug-likeness (QED) is 0.142. The van der Waals surface area contributed by atoms with Crippen molar-refractivity contribution in [2.45, 2.75) is 52.4 Å². The number of ether oxygens (including phenoxy) is 1. The van der Waals surface area contributed by atoms with Crippen LogP contribution in [0.25, 0.3) is 133 Å². The Kier molecular flexibility index (Phi) is 10.4. The van der Waals surface area contributed by atoms with Gasteiger partial charge in [0.25, 0.3) is 13.4 Å². The number of nitrogens with zero attached hydrogens (tertiary/aromatic N) is 4. The van der Waals surface area contributed by atoms with Gasteiger partial charge in [-0.3, -0.25) is 0 Å². The van der Waals surface area contributed by atoms with Gasteiger partial charge in [-0.15, -0.1) is 0 Å². The second-order valence-electron chi connectivity index (χ2n) is 31.6. The molecule has 23 rings (SSSR count). The molecule has 0 atom stereocenters. The van der Waals surface area contributed by atoms with Crippen molar-refractivity contribution < 1.29 is 33.8 Å². The van der Waals surface area contributed by atoms with E-state index in [4.69, 9.17) is 9.15 Å². The zero-order valence-electron chi connectivity index (χ0n) is 79.7. The largest absolute Gasteiger partial charge is 0.456 e. The fraction of sp³-hybridized carbons (Fsp3) is 0.0769. The first-order valence-corrected chi connectivity index (χ1v) is 37.8. The summed E-state index contributed by atoms with van der Waals surface area (Å²) in [4.78, 5) is 4.22. The van der Waals surface area contributed by atoms with Crippen molar-refractivity contribution in [2.75, 3.05) is 9.80 Å². The Morgan fingerprint density at radius 2 is 0.875 bits per heavy atom. The highest BCUT2D eigenvalue weighted by Crippen LogP contribution is 2.57. The van der Waals surface area contributed by atoms with Crippen LogP contribution in [0.1, 0.15) is 77.3 Å². The van der Waals surface area contributed by atoms with Gasteiger partial charge in [0, 0.05) is 77.6 Å². The summed E-state index contributed by atoms with van der Waals surface area (Å²) < 4.78 is 200. The number of hydrogen-bond donors (Lipinski definition) is 0. The van der Waals surface area contributed by atoms with E-state index in [1.807, 2.05) is 169 Å². The lowest BCUT2D eigenvalue weighted by Crippen LogP contribution is -2.64. The van der Waals surface area contributed by atoms with Gasteiger partial charge in [0.2, 0.25) is 0 Å². The standard InChI is InChI=1S/C104H74B2N4O2/c1-103(2,3)70-57-79(65-33-15-9-16-34-65)98(80(58-70)66-35-17-10-18-36-66)110-89-61-72(107-85-45-23-19-39-74(85)75-40-20-24-46-86(75)107)50-53-81(89)105-84-62-92-97-102(112-94-56-68(64-31-13-8-14-32-64)49-52-82(94)106(97)83-44-28-43-77-76-41-21-25-47-87(76)108(92)99(77)83)100(84)109(90-59-71(104(4,5)6)60-91(110)96(90)105)88-54-51-73(101-95(88)78-42-22-26-48-93(78)111-101)69-38-27-37-67(55-69)63-29-11-7-12-30-63/h7-62H,1-6H3/i19D,20D,21D,23D,24D,25D,28D,39D,40D,41D,43D,44D,45D,46D,47D,50D,53D,61D. The van der Waals surface area contributed by atoms with Crippen LogP contribution in [0, 0.1) is 0 Å². The van der Waals surface area contributed by atoms with Gasteiger partial charge in [-0.25, -0.2) is 0 Å². The van der Waals surface area contributed by atoms with Gasteiger partial charge in [0.1, 0.15) is 22.7 Å². The lowest BCUT2D eigenvalue weighted by molar-refractivity contribution is 0.489. The normalized spacial score (nSPS) is 15.5. The van der Waals surface area contributed by atoms with Gasteiger partial charge in [-0.1, -0.05) is 290 Å². The predicted octanol–water partition coefficient (Wildman–Crippen LogP) is 23.7. The van der Waals surface area contributed by atoms with Crippen molar-refractivity contribution in [1.82, 2.24) is 9.13 Å². The van der Waals surface area contributed by atoms with E-state index in [0.29, 0.717) is 83.7 Å². The molecule has 0 saturated carbocycles. The predicted molar refractivity (Wildman–Crippen MR) is 472 cm³/mol. The highest BCUT2D eigenvalue weighted by Gasteiger charge is 2.51. The maximum Gasteiger partial charge on any atom is 0.256 e. The second kappa shape index (κ2) is 24.0. The molecule has 0 N–H and O–H groups in total. The molecule has 0 aliphatic carbocycles. The summed E-state index contributed by atoms with van der Waals surface area (Å²) in [5.41, 5.74) is 13.1. The summed E-state index contributed by atoms with van der Waals surface area (Å²) in [5, 5.41) is 0.742. The van der Waals surface area contributed by atoms with Gasteiger partial charge in [-0.2, -0.15) is 0 Å². The minimum atomic E-state index is -1.37. The third-order valence-corrected chi connectivity index (χ3v) is 23.3. The maximum atomic E-state index is 12.0. The van der Waals surface area contributed by atoms with Crippen molar-refractivity contribution >= 4 is 146 Å². The van der Waals surface area contributed by atoms with Crippen LogP contribution in [0.5, 0.6) is 11.5 Å².